The summed E-state index contributed by atoms with van der Waals surface area (Å²) >= 11 is 0. The van der Waals surface area contributed by atoms with Crippen molar-refractivity contribution in [2.45, 2.75) is 96.6 Å². The average Bonchev–Trinajstić information content (AvgIpc) is 4.11. The number of fused-ring (bicyclic) bond motifs is 6. The van der Waals surface area contributed by atoms with Crippen LogP contribution in [0.2, 0.25) is 0 Å². The van der Waals surface area contributed by atoms with Crippen LogP contribution in [0, 0.1) is 11.8 Å². The Morgan fingerprint density at radius 1 is 0.903 bits per heavy atom. The van der Waals surface area contributed by atoms with Crippen molar-refractivity contribution < 1.29 is 38.1 Å². The molecule has 16 nitrogen and oxygen atoms in total. The predicted octanol–water partition coefficient (Wildman–Crippen LogP) is 7.16. The van der Waals surface area contributed by atoms with Crippen molar-refractivity contribution in [1.29, 1.82) is 0 Å². The highest BCUT2D eigenvalue weighted by atomic mass is 16.5. The van der Waals surface area contributed by atoms with Crippen LogP contribution in [0.15, 0.2) is 48.7 Å². The first kappa shape index (κ1) is 42.5. The van der Waals surface area contributed by atoms with E-state index in [0.717, 1.165) is 74.8 Å². The summed E-state index contributed by atoms with van der Waals surface area (Å²) in [4.78, 5) is 72.8. The standard InChI is InChI=1S/C46H56N8O8/c1-8-24(3)39(52-46(58)61-7)44(56)54-25(4)10-15-36(54)41-47-20-35(49-41)28-11-13-30-29(17-28)23-62-38-19-31-27(18-32(30)38)12-14-34-40(31)51-42(48-34)37-16-26(22-59-5)21-53(37)43(55)33(9-2)50-45(57)60-6/h11-14,17-20,24-26,33,36-37,39H,8-10,15-16,21-23H2,1-7H3,(H,47,49)(H,48,51)(H,50,57)(H,52,58). The Kier molecular flexibility index (Phi) is 12.1. The number of likely N-dealkylation sites (tertiary alicyclic amines) is 2. The fraction of sp³-hybridized carbons (Fsp3) is 0.478. The number of hydrogen-bond acceptors (Lipinski definition) is 10. The van der Waals surface area contributed by atoms with Crippen molar-refractivity contribution in [1.82, 2.24) is 40.4 Å². The van der Waals surface area contributed by atoms with Crippen LogP contribution < -0.4 is 15.4 Å². The van der Waals surface area contributed by atoms with Crippen molar-refractivity contribution in [2.75, 3.05) is 34.5 Å². The molecule has 0 saturated carbocycles. The van der Waals surface area contributed by atoms with Crippen LogP contribution in [0.3, 0.4) is 0 Å². The number of nitrogens with zero attached hydrogens (tertiary/aromatic N) is 4. The summed E-state index contributed by atoms with van der Waals surface area (Å²) in [6, 6.07) is 12.6. The summed E-state index contributed by atoms with van der Waals surface area (Å²) in [7, 11) is 4.24. The zero-order chi connectivity index (χ0) is 43.8. The van der Waals surface area contributed by atoms with Crippen LogP contribution >= 0.6 is 0 Å². The second-order valence-electron chi connectivity index (χ2n) is 16.8. The summed E-state index contributed by atoms with van der Waals surface area (Å²) in [5, 5.41) is 7.39. The molecule has 7 atom stereocenters. The normalized spacial score (nSPS) is 20.9. The van der Waals surface area contributed by atoms with Crippen LogP contribution in [-0.4, -0.2) is 106 Å². The Balaban J connectivity index is 1.05. The molecule has 0 aliphatic carbocycles. The van der Waals surface area contributed by atoms with Crippen molar-refractivity contribution in [3.8, 4) is 28.1 Å². The molecule has 328 valence electrons. The fourth-order valence-corrected chi connectivity index (χ4v) is 9.46. The SMILES string of the molecule is CCC(NC(=O)OC)C(=O)N1CC(COC)CC1c1nc2c(ccc3cc4c(cc32)OCc2cc(-c3cnc(C5CCC(C)N5C(=O)C(NC(=O)OC)C(C)CC)[nH]3)ccc2-4)[nH]1. The molecule has 16 heteroatoms. The van der Waals surface area contributed by atoms with Gasteiger partial charge in [0.25, 0.3) is 0 Å². The number of amides is 4. The van der Waals surface area contributed by atoms with Crippen molar-refractivity contribution in [2.24, 2.45) is 11.8 Å². The van der Waals surface area contributed by atoms with Crippen LogP contribution in [0.4, 0.5) is 9.59 Å². The number of methoxy groups -OCH3 is 3. The molecule has 2 fully saturated rings. The lowest BCUT2D eigenvalue weighted by molar-refractivity contribution is -0.137. The summed E-state index contributed by atoms with van der Waals surface area (Å²) in [5.74, 6) is 1.85. The molecule has 0 radical (unpaired) electrons. The first-order chi connectivity index (χ1) is 30.0. The third kappa shape index (κ3) is 7.91. The second kappa shape index (κ2) is 17.7. The van der Waals surface area contributed by atoms with Gasteiger partial charge in [-0.1, -0.05) is 45.4 Å². The monoisotopic (exact) mass is 848 g/mol. The highest BCUT2D eigenvalue weighted by molar-refractivity contribution is 6.07. The van der Waals surface area contributed by atoms with Crippen LogP contribution in [0.25, 0.3) is 44.2 Å². The maximum Gasteiger partial charge on any atom is 0.407 e. The number of carbonyl (C=O) groups excluding carboxylic acids is 4. The Hall–Kier alpha value is -6.16. The molecular formula is C46H56N8O8. The van der Waals surface area contributed by atoms with E-state index in [2.05, 4.69) is 57.0 Å². The van der Waals surface area contributed by atoms with Gasteiger partial charge in [0.2, 0.25) is 11.8 Å². The zero-order valence-corrected chi connectivity index (χ0v) is 36.4. The quantitative estimate of drug-likeness (QED) is 0.100. The second-order valence-corrected chi connectivity index (χ2v) is 16.8. The van der Waals surface area contributed by atoms with E-state index in [1.54, 1.807) is 12.0 Å². The van der Waals surface area contributed by atoms with Gasteiger partial charge >= 0.3 is 12.2 Å². The van der Waals surface area contributed by atoms with Gasteiger partial charge in [-0.3, -0.25) is 9.59 Å². The Labute approximate surface area is 360 Å². The van der Waals surface area contributed by atoms with E-state index in [9.17, 15) is 19.2 Å². The summed E-state index contributed by atoms with van der Waals surface area (Å²) in [6.45, 7) is 9.20. The highest BCUT2D eigenvalue weighted by Gasteiger charge is 2.43. The maximum absolute atomic E-state index is 14.0. The lowest BCUT2D eigenvalue weighted by Crippen LogP contribution is -2.53. The predicted molar refractivity (Wildman–Crippen MR) is 232 cm³/mol. The maximum atomic E-state index is 14.0. The van der Waals surface area contributed by atoms with Gasteiger partial charge in [0.1, 0.15) is 36.1 Å². The van der Waals surface area contributed by atoms with Gasteiger partial charge < -0.3 is 49.3 Å². The van der Waals surface area contributed by atoms with E-state index >= 15 is 0 Å². The highest BCUT2D eigenvalue weighted by Crippen LogP contribution is 2.44. The van der Waals surface area contributed by atoms with E-state index in [1.165, 1.54) is 14.2 Å². The fourth-order valence-electron chi connectivity index (χ4n) is 9.46. The smallest absolute Gasteiger partial charge is 0.407 e. The van der Waals surface area contributed by atoms with Crippen LogP contribution in [0.1, 0.15) is 89.1 Å². The molecule has 0 bridgehead atoms. The first-order valence-electron chi connectivity index (χ1n) is 21.5. The number of carbonyl (C=O) groups is 4. The summed E-state index contributed by atoms with van der Waals surface area (Å²) < 4.78 is 21.6. The number of H-pyrrole nitrogens is 2. The van der Waals surface area contributed by atoms with Gasteiger partial charge in [0, 0.05) is 36.6 Å². The molecule has 62 heavy (non-hydrogen) atoms. The molecule has 4 N–H and O–H groups in total. The third-order valence-electron chi connectivity index (χ3n) is 13.0. The summed E-state index contributed by atoms with van der Waals surface area (Å²) in [6.07, 6.45) is 3.91. The largest absolute Gasteiger partial charge is 0.488 e. The van der Waals surface area contributed by atoms with Crippen molar-refractivity contribution in [3.63, 3.8) is 0 Å². The Bertz CT molecular complexity index is 2500. The molecule has 2 aromatic heterocycles. The minimum atomic E-state index is -0.730. The van der Waals surface area contributed by atoms with Crippen LogP contribution in [0.5, 0.6) is 5.75 Å². The molecule has 4 amide bonds. The first-order valence-corrected chi connectivity index (χ1v) is 21.5. The van der Waals surface area contributed by atoms with E-state index in [-0.39, 0.29) is 41.8 Å². The molecule has 8 rings (SSSR count). The molecule has 2 saturated heterocycles. The zero-order valence-electron chi connectivity index (χ0n) is 36.4. The van der Waals surface area contributed by atoms with E-state index < -0.39 is 24.3 Å². The minimum absolute atomic E-state index is 0.0192. The number of nitrogens with one attached hydrogen (secondary N) is 4. The minimum Gasteiger partial charge on any atom is -0.488 e. The molecule has 3 aliphatic heterocycles. The number of ether oxygens (including phenoxy) is 4. The van der Waals surface area contributed by atoms with Gasteiger partial charge in [0.15, 0.2) is 0 Å². The molecule has 5 heterocycles. The topological polar surface area (TPSA) is 193 Å². The molecule has 3 aromatic carbocycles. The molecule has 0 spiro atoms. The molecule has 3 aliphatic rings. The van der Waals surface area contributed by atoms with E-state index in [4.69, 9.17) is 28.9 Å². The Morgan fingerprint density at radius 2 is 1.69 bits per heavy atom. The van der Waals surface area contributed by atoms with Gasteiger partial charge in [-0.15, -0.1) is 0 Å². The Morgan fingerprint density at radius 3 is 2.44 bits per heavy atom. The molecule has 7 unspecified atom stereocenters. The number of rotatable bonds is 12. The van der Waals surface area contributed by atoms with Gasteiger partial charge in [0.05, 0.1) is 55.8 Å². The van der Waals surface area contributed by atoms with Gasteiger partial charge in [-0.25, -0.2) is 19.6 Å². The molecular weight excluding hydrogens is 793 g/mol. The number of aromatic amines is 2. The lowest BCUT2D eigenvalue weighted by atomic mass is 9.92. The van der Waals surface area contributed by atoms with E-state index in [1.807, 2.05) is 44.9 Å². The number of hydrogen-bond donors (Lipinski definition) is 4. The van der Waals surface area contributed by atoms with Gasteiger partial charge in [-0.2, -0.15) is 0 Å². The third-order valence-corrected chi connectivity index (χ3v) is 13.0. The number of imidazole rings is 2. The van der Waals surface area contributed by atoms with Crippen LogP contribution in [-0.2, 0) is 30.4 Å². The van der Waals surface area contributed by atoms with Crippen molar-refractivity contribution >= 4 is 45.8 Å². The van der Waals surface area contributed by atoms with Gasteiger partial charge in [-0.05, 0) is 84.9 Å². The number of alkyl carbamates (subject to hydrolysis) is 2. The summed E-state index contributed by atoms with van der Waals surface area (Å²) in [5.41, 5.74) is 6.52. The van der Waals surface area contributed by atoms with Crippen molar-refractivity contribution in [3.05, 3.63) is 65.9 Å². The molecule has 5 aromatic rings. The van der Waals surface area contributed by atoms with E-state index in [0.29, 0.717) is 44.2 Å². The number of benzene rings is 3. The lowest BCUT2D eigenvalue weighted by Gasteiger charge is -2.33. The number of aromatic nitrogens is 4. The average molecular weight is 849 g/mol.